The molecule has 0 unspecified atom stereocenters. The fraction of sp³-hybridized carbons (Fsp3) is 0.500. The molecule has 0 N–H and O–H groups in total. The Bertz CT molecular complexity index is 744. The summed E-state index contributed by atoms with van der Waals surface area (Å²) in [4.78, 5) is 0. The zero-order chi connectivity index (χ0) is 18.8. The fourth-order valence-electron chi connectivity index (χ4n) is 4.90. The van der Waals surface area contributed by atoms with Crippen LogP contribution in [0.4, 0.5) is 4.39 Å². The highest BCUT2D eigenvalue weighted by Crippen LogP contribution is 2.38. The summed E-state index contributed by atoms with van der Waals surface area (Å²) in [5.41, 5.74) is 4.26. The van der Waals surface area contributed by atoms with Crippen molar-refractivity contribution in [2.75, 3.05) is 0 Å². The number of hydrogen-bond acceptors (Lipinski definition) is 0. The van der Waals surface area contributed by atoms with E-state index >= 15 is 0 Å². The van der Waals surface area contributed by atoms with Crippen LogP contribution in [-0.2, 0) is 0 Å². The van der Waals surface area contributed by atoms with Crippen LogP contribution in [0.1, 0.15) is 82.3 Å². The first-order valence-electron chi connectivity index (χ1n) is 10.8. The minimum absolute atomic E-state index is 0.0853. The molecule has 27 heavy (non-hydrogen) atoms. The van der Waals surface area contributed by atoms with Gasteiger partial charge in [0.1, 0.15) is 5.82 Å². The maximum Gasteiger partial charge on any atom is 0.131 e. The van der Waals surface area contributed by atoms with Crippen molar-refractivity contribution >= 4 is 0 Å². The molecule has 0 aromatic heterocycles. The topological polar surface area (TPSA) is 0 Å². The van der Waals surface area contributed by atoms with Gasteiger partial charge in [0.05, 0.1) is 0 Å². The van der Waals surface area contributed by atoms with Gasteiger partial charge in [-0.15, -0.1) is 0 Å². The molecule has 4 rings (SSSR count). The molecular weight excluding hydrogens is 331 g/mol. The lowest BCUT2D eigenvalue weighted by atomic mass is 9.79. The predicted molar refractivity (Wildman–Crippen MR) is 112 cm³/mol. The molecule has 2 aliphatic carbocycles. The zero-order valence-electron chi connectivity index (χ0n) is 16.8. The Morgan fingerprint density at radius 2 is 1.30 bits per heavy atom. The standard InChI is InChI=1S/C26H32F/c1-18-3-7-20(8-4-18)21-11-13-23(14-12-21)25-16-15-24(17-26(25)27)22-9-5-19(2)6-10-22/h11-20H,3-10H2,1-2H3. The molecule has 2 fully saturated rings. The van der Waals surface area contributed by atoms with Crippen LogP contribution in [0, 0.1) is 23.6 Å². The maximum atomic E-state index is 14.9. The van der Waals surface area contributed by atoms with Gasteiger partial charge in [0.15, 0.2) is 0 Å². The van der Waals surface area contributed by atoms with E-state index in [2.05, 4.69) is 44.2 Å². The predicted octanol–water partition coefficient (Wildman–Crippen LogP) is 7.92. The van der Waals surface area contributed by atoms with E-state index in [0.717, 1.165) is 41.4 Å². The van der Waals surface area contributed by atoms with E-state index in [0.29, 0.717) is 5.92 Å². The quantitative estimate of drug-likeness (QED) is 0.519. The van der Waals surface area contributed by atoms with Gasteiger partial charge < -0.3 is 0 Å². The summed E-state index contributed by atoms with van der Waals surface area (Å²) in [5, 5.41) is 0. The second-order valence-electron chi connectivity index (χ2n) is 9.06. The summed E-state index contributed by atoms with van der Waals surface area (Å²) < 4.78 is 14.9. The monoisotopic (exact) mass is 363 g/mol. The highest BCUT2D eigenvalue weighted by atomic mass is 19.1. The molecule has 2 saturated carbocycles. The van der Waals surface area contributed by atoms with Gasteiger partial charge in [-0.2, -0.15) is 0 Å². The van der Waals surface area contributed by atoms with Crippen LogP contribution < -0.4 is 0 Å². The van der Waals surface area contributed by atoms with E-state index in [4.69, 9.17) is 0 Å². The average Bonchev–Trinajstić information content (AvgIpc) is 2.69. The second kappa shape index (κ2) is 8.17. The van der Waals surface area contributed by atoms with Gasteiger partial charge in [-0.25, -0.2) is 4.39 Å². The van der Waals surface area contributed by atoms with Crippen LogP contribution >= 0.6 is 0 Å². The summed E-state index contributed by atoms with van der Waals surface area (Å²) in [6.07, 6.45) is 9.96. The number of hydrogen-bond donors (Lipinski definition) is 0. The third kappa shape index (κ3) is 4.28. The molecule has 2 aromatic carbocycles. The van der Waals surface area contributed by atoms with Crippen LogP contribution in [0.25, 0.3) is 11.1 Å². The van der Waals surface area contributed by atoms with Crippen molar-refractivity contribution in [1.29, 1.82) is 0 Å². The van der Waals surface area contributed by atoms with Crippen LogP contribution in [-0.4, -0.2) is 0 Å². The van der Waals surface area contributed by atoms with Gasteiger partial charge in [0.25, 0.3) is 0 Å². The molecule has 0 aliphatic heterocycles. The lowest BCUT2D eigenvalue weighted by molar-refractivity contribution is 0.348. The van der Waals surface area contributed by atoms with E-state index in [-0.39, 0.29) is 5.82 Å². The molecule has 0 heterocycles. The Kier molecular flexibility index (Phi) is 5.66. The molecule has 0 bridgehead atoms. The van der Waals surface area contributed by atoms with Crippen LogP contribution in [0.5, 0.6) is 0 Å². The Labute approximate surface area is 164 Å². The minimum atomic E-state index is -0.0853. The normalized spacial score (nSPS) is 24.9. The first-order valence-corrected chi connectivity index (χ1v) is 10.8. The highest BCUT2D eigenvalue weighted by Gasteiger charge is 2.22. The number of benzene rings is 2. The number of halogens is 1. The van der Waals surface area contributed by atoms with Gasteiger partial charge in [0, 0.05) is 11.5 Å². The third-order valence-electron chi connectivity index (χ3n) is 6.96. The summed E-state index contributed by atoms with van der Waals surface area (Å²) in [6.45, 7) is 4.68. The van der Waals surface area contributed by atoms with Crippen molar-refractivity contribution in [3.63, 3.8) is 0 Å². The Morgan fingerprint density at radius 1 is 0.704 bits per heavy atom. The average molecular weight is 364 g/mol. The van der Waals surface area contributed by atoms with Crippen molar-refractivity contribution in [2.24, 2.45) is 11.8 Å². The summed E-state index contributed by atoms with van der Waals surface area (Å²) >= 11 is 0. The van der Waals surface area contributed by atoms with E-state index in [1.165, 1.54) is 50.0 Å². The lowest BCUT2D eigenvalue weighted by Crippen LogP contribution is -2.11. The maximum absolute atomic E-state index is 14.9. The van der Waals surface area contributed by atoms with Gasteiger partial charge in [-0.1, -0.05) is 63.1 Å². The molecule has 0 spiro atoms. The minimum Gasteiger partial charge on any atom is -0.206 e. The molecule has 0 saturated heterocycles. The first-order chi connectivity index (χ1) is 13.1. The van der Waals surface area contributed by atoms with Gasteiger partial charge in [-0.05, 0) is 79.0 Å². The van der Waals surface area contributed by atoms with Crippen molar-refractivity contribution in [1.82, 2.24) is 0 Å². The molecule has 2 aliphatic rings. The molecular formula is C26H32F. The van der Waals surface area contributed by atoms with E-state index in [1.54, 1.807) is 6.07 Å². The fourth-order valence-corrected chi connectivity index (χ4v) is 4.90. The summed E-state index contributed by atoms with van der Waals surface area (Å²) in [5.74, 6) is 3.72. The van der Waals surface area contributed by atoms with E-state index in [1.807, 2.05) is 6.07 Å². The smallest absolute Gasteiger partial charge is 0.131 e. The van der Waals surface area contributed by atoms with Gasteiger partial charge >= 0.3 is 0 Å². The van der Waals surface area contributed by atoms with Crippen molar-refractivity contribution in [3.8, 4) is 11.1 Å². The molecule has 1 radical (unpaired) electrons. The van der Waals surface area contributed by atoms with Crippen molar-refractivity contribution in [3.05, 3.63) is 65.3 Å². The van der Waals surface area contributed by atoms with Crippen LogP contribution in [0.3, 0.4) is 0 Å². The summed E-state index contributed by atoms with van der Waals surface area (Å²) in [6, 6.07) is 14.5. The van der Waals surface area contributed by atoms with Crippen LogP contribution in [0.2, 0.25) is 0 Å². The molecule has 2 aromatic rings. The Balaban J connectivity index is 1.48. The number of rotatable bonds is 3. The molecule has 1 heteroatoms. The zero-order valence-corrected chi connectivity index (χ0v) is 16.8. The summed E-state index contributed by atoms with van der Waals surface area (Å²) in [7, 11) is 0. The molecule has 0 amide bonds. The van der Waals surface area contributed by atoms with Gasteiger partial charge in [-0.3, -0.25) is 0 Å². The Hall–Kier alpha value is -1.63. The molecule has 143 valence electrons. The lowest BCUT2D eigenvalue weighted by Gasteiger charge is -2.26. The first kappa shape index (κ1) is 18.7. The van der Waals surface area contributed by atoms with Crippen molar-refractivity contribution < 1.29 is 4.39 Å². The van der Waals surface area contributed by atoms with Crippen LogP contribution in [0.15, 0.2) is 42.5 Å². The third-order valence-corrected chi connectivity index (χ3v) is 6.96. The Morgan fingerprint density at radius 3 is 1.93 bits per heavy atom. The largest absolute Gasteiger partial charge is 0.206 e. The van der Waals surface area contributed by atoms with Crippen molar-refractivity contribution in [2.45, 2.75) is 71.1 Å². The van der Waals surface area contributed by atoms with E-state index in [9.17, 15) is 4.39 Å². The van der Waals surface area contributed by atoms with Gasteiger partial charge in [0.2, 0.25) is 0 Å². The molecule has 0 nitrogen and oxygen atoms in total. The SMILES string of the molecule is CC1CC[C](c2ccc(-c3ccc(C4CCC(C)CC4)cc3)c(F)c2)CC1. The van der Waals surface area contributed by atoms with E-state index < -0.39 is 0 Å². The highest BCUT2D eigenvalue weighted by molar-refractivity contribution is 5.65. The molecule has 0 atom stereocenters. The second-order valence-corrected chi connectivity index (χ2v) is 9.06.